The third-order valence-electron chi connectivity index (χ3n) is 6.72. The molecule has 0 spiro atoms. The number of aryl methyl sites for hydroxylation is 1. The van der Waals surface area contributed by atoms with E-state index >= 15 is 0 Å². The first kappa shape index (κ1) is 24.4. The summed E-state index contributed by atoms with van der Waals surface area (Å²) in [5.41, 5.74) is 0.695. The lowest BCUT2D eigenvalue weighted by Gasteiger charge is -2.36. The number of anilines is 1. The fraction of sp³-hybridized carbons (Fsp3) is 0.385. The molecule has 35 heavy (non-hydrogen) atoms. The van der Waals surface area contributed by atoms with E-state index in [1.165, 1.54) is 13.0 Å². The van der Waals surface area contributed by atoms with Crippen LogP contribution < -0.4 is 10.2 Å². The lowest BCUT2D eigenvalue weighted by atomic mass is 9.93. The zero-order chi connectivity index (χ0) is 25.2. The molecule has 4 amide bonds. The number of ketones is 1. The van der Waals surface area contributed by atoms with Gasteiger partial charge >= 0.3 is 6.03 Å². The molecule has 0 aliphatic carbocycles. The molecule has 2 heterocycles. The predicted molar refractivity (Wildman–Crippen MR) is 129 cm³/mol. The molecule has 2 aliphatic heterocycles. The van der Waals surface area contributed by atoms with Gasteiger partial charge in [-0.05, 0) is 50.5 Å². The second kappa shape index (κ2) is 9.85. The number of piperazine rings is 1. The number of hydrogen-bond acceptors (Lipinski definition) is 5. The van der Waals surface area contributed by atoms with Crippen molar-refractivity contribution in [3.8, 4) is 0 Å². The van der Waals surface area contributed by atoms with E-state index < -0.39 is 23.3 Å². The number of Topliss-reactive ketones (excluding diaryl/α,β-unsaturated/α-hetero) is 1. The first-order chi connectivity index (χ1) is 16.7. The molecule has 0 aromatic heterocycles. The van der Waals surface area contributed by atoms with Crippen LogP contribution in [0.1, 0.15) is 36.2 Å². The Hall–Kier alpha value is -3.75. The maximum absolute atomic E-state index is 14.5. The minimum Gasteiger partial charge on any atom is -0.366 e. The van der Waals surface area contributed by atoms with Crippen LogP contribution in [0.2, 0.25) is 0 Å². The number of urea groups is 1. The van der Waals surface area contributed by atoms with Crippen molar-refractivity contribution in [2.45, 2.75) is 32.2 Å². The second-order valence-corrected chi connectivity index (χ2v) is 9.23. The number of nitrogens with one attached hydrogen (secondary N) is 1. The summed E-state index contributed by atoms with van der Waals surface area (Å²) in [7, 11) is 0. The smallest absolute Gasteiger partial charge is 0.325 e. The molecule has 2 saturated heterocycles. The highest BCUT2D eigenvalue weighted by molar-refractivity contribution is 6.08. The number of nitrogens with zero attached hydrogens (tertiary/aromatic N) is 3. The van der Waals surface area contributed by atoms with Crippen molar-refractivity contribution in [2.75, 3.05) is 37.6 Å². The van der Waals surface area contributed by atoms with Gasteiger partial charge in [0, 0.05) is 31.7 Å². The van der Waals surface area contributed by atoms with Gasteiger partial charge in [-0.3, -0.25) is 19.3 Å². The summed E-state index contributed by atoms with van der Waals surface area (Å²) >= 11 is 0. The molecule has 0 bridgehead atoms. The van der Waals surface area contributed by atoms with E-state index in [4.69, 9.17) is 0 Å². The van der Waals surface area contributed by atoms with Gasteiger partial charge in [-0.1, -0.05) is 30.3 Å². The largest absolute Gasteiger partial charge is 0.366 e. The SMILES string of the molecule is CC(=O)c1ccc(N2CCN(C(=O)CN3C(=O)NC(C)(CCc4ccccc4)C3=O)CC2)c(F)c1. The Morgan fingerprint density at radius 1 is 1.03 bits per heavy atom. The number of carbonyl (C=O) groups excluding carboxylic acids is 4. The molecular weight excluding hydrogens is 451 g/mol. The average Bonchev–Trinajstić information content (AvgIpc) is 3.06. The monoisotopic (exact) mass is 480 g/mol. The summed E-state index contributed by atoms with van der Waals surface area (Å²) in [6.45, 7) is 4.21. The average molecular weight is 481 g/mol. The summed E-state index contributed by atoms with van der Waals surface area (Å²) < 4.78 is 14.5. The number of carbonyl (C=O) groups is 4. The van der Waals surface area contributed by atoms with Gasteiger partial charge in [0.2, 0.25) is 5.91 Å². The van der Waals surface area contributed by atoms with Crippen LogP contribution in [-0.2, 0) is 16.0 Å². The summed E-state index contributed by atoms with van der Waals surface area (Å²) in [4.78, 5) is 54.3. The zero-order valence-corrected chi connectivity index (χ0v) is 19.9. The fourth-order valence-corrected chi connectivity index (χ4v) is 4.51. The summed E-state index contributed by atoms with van der Waals surface area (Å²) in [5, 5.41) is 2.75. The molecule has 184 valence electrons. The molecule has 2 aliphatic rings. The van der Waals surface area contributed by atoms with E-state index in [1.54, 1.807) is 24.0 Å². The van der Waals surface area contributed by atoms with Crippen molar-refractivity contribution >= 4 is 29.3 Å². The van der Waals surface area contributed by atoms with E-state index in [0.717, 1.165) is 10.5 Å². The van der Waals surface area contributed by atoms with Crippen LogP contribution in [0.15, 0.2) is 48.5 Å². The Morgan fingerprint density at radius 2 is 1.71 bits per heavy atom. The standard InChI is InChI=1S/C26H29FN4O4/c1-18(32)20-8-9-22(21(27)16-20)29-12-14-30(15-13-29)23(33)17-31-24(34)26(2,28-25(31)35)11-10-19-6-4-3-5-7-19/h3-9,16H,10-15,17H2,1-2H3,(H,28,35). The van der Waals surface area contributed by atoms with Crippen LogP contribution in [0, 0.1) is 5.82 Å². The van der Waals surface area contributed by atoms with Crippen LogP contribution >= 0.6 is 0 Å². The zero-order valence-electron chi connectivity index (χ0n) is 19.9. The van der Waals surface area contributed by atoms with E-state index in [-0.39, 0.29) is 18.2 Å². The van der Waals surface area contributed by atoms with E-state index in [9.17, 15) is 23.6 Å². The van der Waals surface area contributed by atoms with E-state index in [2.05, 4.69) is 5.32 Å². The first-order valence-electron chi connectivity index (χ1n) is 11.7. The normalized spacial score (nSPS) is 20.3. The van der Waals surface area contributed by atoms with Crippen molar-refractivity contribution in [1.29, 1.82) is 0 Å². The van der Waals surface area contributed by atoms with Gasteiger partial charge in [0.1, 0.15) is 17.9 Å². The molecule has 1 atom stereocenters. The molecule has 4 rings (SSSR count). The van der Waals surface area contributed by atoms with Gasteiger partial charge in [0.15, 0.2) is 5.78 Å². The highest BCUT2D eigenvalue weighted by atomic mass is 19.1. The third-order valence-corrected chi connectivity index (χ3v) is 6.72. The number of imide groups is 1. The summed E-state index contributed by atoms with van der Waals surface area (Å²) in [5.74, 6) is -1.42. The molecule has 1 N–H and O–H groups in total. The van der Waals surface area contributed by atoms with Gasteiger partial charge in [0.25, 0.3) is 5.91 Å². The van der Waals surface area contributed by atoms with Crippen LogP contribution in [0.3, 0.4) is 0 Å². The number of rotatable bonds is 7. The van der Waals surface area contributed by atoms with Crippen molar-refractivity contribution in [1.82, 2.24) is 15.1 Å². The molecule has 2 aromatic rings. The number of halogens is 1. The minimum atomic E-state index is -1.06. The minimum absolute atomic E-state index is 0.206. The van der Waals surface area contributed by atoms with Crippen LogP contribution in [0.25, 0.3) is 0 Å². The number of benzene rings is 2. The van der Waals surface area contributed by atoms with E-state index in [1.807, 2.05) is 35.2 Å². The van der Waals surface area contributed by atoms with Crippen LogP contribution in [0.5, 0.6) is 0 Å². The highest BCUT2D eigenvalue weighted by Gasteiger charge is 2.48. The molecule has 1 unspecified atom stereocenters. The Bertz CT molecular complexity index is 1150. The highest BCUT2D eigenvalue weighted by Crippen LogP contribution is 2.25. The molecule has 0 radical (unpaired) electrons. The van der Waals surface area contributed by atoms with Crippen LogP contribution in [0.4, 0.5) is 14.9 Å². The van der Waals surface area contributed by atoms with Gasteiger partial charge < -0.3 is 15.1 Å². The maximum atomic E-state index is 14.5. The van der Waals surface area contributed by atoms with Crippen molar-refractivity contribution in [2.24, 2.45) is 0 Å². The molecular formula is C26H29FN4O4. The van der Waals surface area contributed by atoms with Gasteiger partial charge in [-0.15, -0.1) is 0 Å². The quantitative estimate of drug-likeness (QED) is 0.486. The first-order valence-corrected chi connectivity index (χ1v) is 11.7. The lowest BCUT2D eigenvalue weighted by Crippen LogP contribution is -2.52. The number of hydrogen-bond donors (Lipinski definition) is 1. The van der Waals surface area contributed by atoms with Crippen molar-refractivity contribution in [3.63, 3.8) is 0 Å². The molecule has 8 nitrogen and oxygen atoms in total. The molecule has 9 heteroatoms. The third kappa shape index (κ3) is 5.18. The maximum Gasteiger partial charge on any atom is 0.325 e. The van der Waals surface area contributed by atoms with Gasteiger partial charge in [-0.2, -0.15) is 0 Å². The topological polar surface area (TPSA) is 90.0 Å². The predicted octanol–water partition coefficient (Wildman–Crippen LogP) is 2.62. The van der Waals surface area contributed by atoms with Crippen molar-refractivity contribution < 1.29 is 23.6 Å². The molecule has 2 aromatic carbocycles. The van der Waals surface area contributed by atoms with Gasteiger partial charge in [0.05, 0.1) is 5.69 Å². The van der Waals surface area contributed by atoms with E-state index in [0.29, 0.717) is 50.3 Å². The Kier molecular flexibility index (Phi) is 6.86. The Labute approximate surface area is 203 Å². The Balaban J connectivity index is 1.32. The second-order valence-electron chi connectivity index (χ2n) is 9.23. The fourth-order valence-electron chi connectivity index (χ4n) is 4.51. The Morgan fingerprint density at radius 3 is 2.34 bits per heavy atom. The number of amides is 4. The molecule has 0 saturated carbocycles. The lowest BCUT2D eigenvalue weighted by molar-refractivity contribution is -0.139. The summed E-state index contributed by atoms with van der Waals surface area (Å²) in [6, 6.07) is 13.5. The van der Waals surface area contributed by atoms with Crippen LogP contribution in [-0.4, -0.2) is 71.7 Å². The summed E-state index contributed by atoms with van der Waals surface area (Å²) in [6.07, 6.45) is 1.05. The van der Waals surface area contributed by atoms with Crippen molar-refractivity contribution in [3.05, 3.63) is 65.5 Å². The molecule has 2 fully saturated rings. The van der Waals surface area contributed by atoms with Gasteiger partial charge in [-0.25, -0.2) is 9.18 Å².